The number of rotatable bonds is 3. The Kier molecular flexibility index (Phi) is 3.82. The lowest BCUT2D eigenvalue weighted by Gasteiger charge is -2.22. The number of hydrogen-bond acceptors (Lipinski definition) is 4. The lowest BCUT2D eigenvalue weighted by atomic mass is 10.2. The summed E-state index contributed by atoms with van der Waals surface area (Å²) in [4.78, 5) is 6.16. The van der Waals surface area contributed by atoms with Crippen LogP contribution in [0.2, 0.25) is 5.02 Å². The molecule has 90 valence electrons. The number of nitrogens with zero attached hydrogens (tertiary/aromatic N) is 3. The Labute approximate surface area is 106 Å². The maximum absolute atomic E-state index is 8.90. The van der Waals surface area contributed by atoms with Crippen molar-refractivity contribution in [2.24, 2.45) is 0 Å². The standard InChI is InChI=1S/C12H14ClN3O/c1-16(8-10-3-2-6-17-10)12-11(13)9(7-14)4-5-15-12/h4-5,10H,2-3,6,8H2,1H3. The maximum Gasteiger partial charge on any atom is 0.148 e. The number of halogens is 1. The van der Waals surface area contributed by atoms with Crippen LogP contribution in [-0.2, 0) is 4.74 Å². The summed E-state index contributed by atoms with van der Waals surface area (Å²) in [6, 6.07) is 3.67. The molecule has 4 nitrogen and oxygen atoms in total. The van der Waals surface area contributed by atoms with Gasteiger partial charge in [-0.1, -0.05) is 11.6 Å². The van der Waals surface area contributed by atoms with E-state index in [9.17, 15) is 0 Å². The molecule has 0 aromatic carbocycles. The van der Waals surface area contributed by atoms with Crippen LogP contribution in [0, 0.1) is 11.3 Å². The van der Waals surface area contributed by atoms with Gasteiger partial charge < -0.3 is 9.64 Å². The van der Waals surface area contributed by atoms with Gasteiger partial charge in [0.15, 0.2) is 0 Å². The highest BCUT2D eigenvalue weighted by atomic mass is 35.5. The molecule has 1 aliphatic rings. The summed E-state index contributed by atoms with van der Waals surface area (Å²) in [5, 5.41) is 9.32. The van der Waals surface area contributed by atoms with E-state index in [-0.39, 0.29) is 6.10 Å². The summed E-state index contributed by atoms with van der Waals surface area (Å²) in [6.45, 7) is 1.58. The molecule has 0 aliphatic carbocycles. The van der Waals surface area contributed by atoms with E-state index in [1.54, 1.807) is 12.3 Å². The molecule has 0 saturated carbocycles. The molecule has 0 radical (unpaired) electrons. The van der Waals surface area contributed by atoms with Crippen molar-refractivity contribution in [3.8, 4) is 6.07 Å². The lowest BCUT2D eigenvalue weighted by molar-refractivity contribution is 0.116. The van der Waals surface area contributed by atoms with Crippen LogP contribution in [0.5, 0.6) is 0 Å². The number of ether oxygens (including phenoxy) is 1. The zero-order valence-electron chi connectivity index (χ0n) is 9.69. The highest BCUT2D eigenvalue weighted by molar-refractivity contribution is 6.34. The average molecular weight is 252 g/mol. The van der Waals surface area contributed by atoms with Crippen LogP contribution in [0.15, 0.2) is 12.3 Å². The van der Waals surface area contributed by atoms with Gasteiger partial charge in [0, 0.05) is 26.4 Å². The zero-order chi connectivity index (χ0) is 12.3. The van der Waals surface area contributed by atoms with Gasteiger partial charge in [-0.2, -0.15) is 5.26 Å². The third-order valence-corrected chi connectivity index (χ3v) is 3.23. The van der Waals surface area contributed by atoms with Crippen LogP contribution in [0.25, 0.3) is 0 Å². The van der Waals surface area contributed by atoms with Crippen LogP contribution in [-0.4, -0.2) is 31.3 Å². The first-order chi connectivity index (χ1) is 8.22. The van der Waals surface area contributed by atoms with Gasteiger partial charge in [-0.05, 0) is 18.9 Å². The molecule has 0 amide bonds. The molecule has 0 bridgehead atoms. The highest BCUT2D eigenvalue weighted by Gasteiger charge is 2.20. The summed E-state index contributed by atoms with van der Waals surface area (Å²) in [7, 11) is 1.91. The number of hydrogen-bond donors (Lipinski definition) is 0. The Hall–Kier alpha value is -1.31. The predicted molar refractivity (Wildman–Crippen MR) is 66.2 cm³/mol. The van der Waals surface area contributed by atoms with Crippen LogP contribution in [0.3, 0.4) is 0 Å². The van der Waals surface area contributed by atoms with Crippen molar-refractivity contribution in [3.05, 3.63) is 22.8 Å². The average Bonchev–Trinajstić information content (AvgIpc) is 2.82. The third-order valence-electron chi connectivity index (χ3n) is 2.85. The zero-order valence-corrected chi connectivity index (χ0v) is 10.4. The molecular formula is C12H14ClN3O. The van der Waals surface area contributed by atoms with Crippen molar-refractivity contribution in [2.45, 2.75) is 18.9 Å². The molecule has 1 aromatic rings. The van der Waals surface area contributed by atoms with Crippen molar-refractivity contribution < 1.29 is 4.74 Å². The predicted octanol–water partition coefficient (Wildman–Crippen LogP) is 2.22. The molecular weight excluding hydrogens is 238 g/mol. The van der Waals surface area contributed by atoms with E-state index >= 15 is 0 Å². The van der Waals surface area contributed by atoms with E-state index in [1.165, 1.54) is 0 Å². The van der Waals surface area contributed by atoms with E-state index in [1.807, 2.05) is 11.9 Å². The number of anilines is 1. The van der Waals surface area contributed by atoms with Gasteiger partial charge >= 0.3 is 0 Å². The Morgan fingerprint density at radius 2 is 2.53 bits per heavy atom. The molecule has 1 unspecified atom stereocenters. The summed E-state index contributed by atoms with van der Waals surface area (Å²) in [5.41, 5.74) is 0.454. The van der Waals surface area contributed by atoms with Gasteiger partial charge in [-0.3, -0.25) is 0 Å². The van der Waals surface area contributed by atoms with Crippen LogP contribution >= 0.6 is 11.6 Å². The smallest absolute Gasteiger partial charge is 0.148 e. The Balaban J connectivity index is 2.13. The number of nitriles is 1. The normalized spacial score (nSPS) is 19.0. The molecule has 0 N–H and O–H groups in total. The van der Waals surface area contributed by atoms with Gasteiger partial charge in [0.05, 0.1) is 11.7 Å². The van der Waals surface area contributed by atoms with Crippen molar-refractivity contribution in [1.82, 2.24) is 4.98 Å². The summed E-state index contributed by atoms with van der Waals surface area (Å²) < 4.78 is 5.56. The van der Waals surface area contributed by atoms with Gasteiger partial charge in [-0.25, -0.2) is 4.98 Å². The van der Waals surface area contributed by atoms with E-state index in [4.69, 9.17) is 21.6 Å². The first-order valence-electron chi connectivity index (χ1n) is 5.59. The van der Waals surface area contributed by atoms with Crippen molar-refractivity contribution in [3.63, 3.8) is 0 Å². The minimum Gasteiger partial charge on any atom is -0.376 e. The second-order valence-corrected chi connectivity index (χ2v) is 4.50. The van der Waals surface area contributed by atoms with E-state index < -0.39 is 0 Å². The molecule has 1 aromatic heterocycles. The van der Waals surface area contributed by atoms with Crippen LogP contribution in [0.1, 0.15) is 18.4 Å². The summed E-state index contributed by atoms with van der Waals surface area (Å²) in [6.07, 6.45) is 4.02. The van der Waals surface area contributed by atoms with Crippen molar-refractivity contribution >= 4 is 17.4 Å². The fourth-order valence-electron chi connectivity index (χ4n) is 1.97. The van der Waals surface area contributed by atoms with E-state index in [2.05, 4.69) is 11.1 Å². The second kappa shape index (κ2) is 5.35. The van der Waals surface area contributed by atoms with E-state index in [0.29, 0.717) is 16.4 Å². The molecule has 0 spiro atoms. The van der Waals surface area contributed by atoms with Gasteiger partial charge in [0.1, 0.15) is 16.9 Å². The number of aromatic nitrogens is 1. The molecule has 17 heavy (non-hydrogen) atoms. The van der Waals surface area contributed by atoms with Crippen LogP contribution in [0.4, 0.5) is 5.82 Å². The second-order valence-electron chi connectivity index (χ2n) is 4.12. The maximum atomic E-state index is 8.90. The highest BCUT2D eigenvalue weighted by Crippen LogP contribution is 2.26. The minimum absolute atomic E-state index is 0.239. The molecule has 2 rings (SSSR count). The fourth-order valence-corrected chi connectivity index (χ4v) is 2.26. The first-order valence-corrected chi connectivity index (χ1v) is 5.97. The molecule has 5 heteroatoms. The van der Waals surface area contributed by atoms with Gasteiger partial charge in [-0.15, -0.1) is 0 Å². The number of pyridine rings is 1. The first kappa shape index (κ1) is 12.2. The Bertz CT molecular complexity index is 438. The molecule has 1 saturated heterocycles. The van der Waals surface area contributed by atoms with Crippen LogP contribution < -0.4 is 4.90 Å². The Morgan fingerprint density at radius 3 is 3.18 bits per heavy atom. The topological polar surface area (TPSA) is 49.1 Å². The SMILES string of the molecule is CN(CC1CCCO1)c1nccc(C#N)c1Cl. The van der Waals surface area contributed by atoms with E-state index in [0.717, 1.165) is 26.0 Å². The lowest BCUT2D eigenvalue weighted by Crippen LogP contribution is -2.29. The number of likely N-dealkylation sites (N-methyl/N-ethyl adjacent to an activating group) is 1. The monoisotopic (exact) mass is 251 g/mol. The quantitative estimate of drug-likeness (QED) is 0.827. The molecule has 1 aliphatic heterocycles. The largest absolute Gasteiger partial charge is 0.376 e. The molecule has 1 fully saturated rings. The summed E-state index contributed by atoms with van der Waals surface area (Å²) >= 11 is 6.12. The van der Waals surface area contributed by atoms with Crippen molar-refractivity contribution in [2.75, 3.05) is 25.1 Å². The third kappa shape index (κ3) is 2.68. The summed E-state index contributed by atoms with van der Waals surface area (Å²) in [5.74, 6) is 0.640. The molecule has 1 atom stereocenters. The van der Waals surface area contributed by atoms with Gasteiger partial charge in [0.2, 0.25) is 0 Å². The molecule has 2 heterocycles. The fraction of sp³-hybridized carbons (Fsp3) is 0.500. The van der Waals surface area contributed by atoms with Gasteiger partial charge in [0.25, 0.3) is 0 Å². The van der Waals surface area contributed by atoms with Crippen molar-refractivity contribution in [1.29, 1.82) is 5.26 Å². The minimum atomic E-state index is 0.239. The Morgan fingerprint density at radius 1 is 1.71 bits per heavy atom.